The lowest BCUT2D eigenvalue weighted by Gasteiger charge is -2.16. The summed E-state index contributed by atoms with van der Waals surface area (Å²) < 4.78 is 4.94. The number of aromatic nitrogens is 4. The molecule has 0 N–H and O–H groups in total. The van der Waals surface area contributed by atoms with Crippen molar-refractivity contribution in [2.24, 2.45) is 0 Å². The van der Waals surface area contributed by atoms with Gasteiger partial charge in [0.1, 0.15) is 0 Å². The molecule has 288 valence electrons. The van der Waals surface area contributed by atoms with E-state index in [1.54, 1.807) is 0 Å². The highest BCUT2D eigenvalue weighted by Gasteiger charge is 2.21. The highest BCUT2D eigenvalue weighted by Crippen LogP contribution is 2.44. The summed E-state index contributed by atoms with van der Waals surface area (Å²) >= 11 is 0. The molecule has 3 heterocycles. The number of hydrogen-bond donors (Lipinski definition) is 0. The number of hydrogen-bond acceptors (Lipinski definition) is 2. The molecule has 0 aliphatic rings. The van der Waals surface area contributed by atoms with Crippen molar-refractivity contribution < 1.29 is 0 Å². The maximum absolute atomic E-state index is 5.20. The van der Waals surface area contributed by atoms with Crippen molar-refractivity contribution in [3.05, 3.63) is 218 Å². The third kappa shape index (κ3) is 5.20. The van der Waals surface area contributed by atoms with Gasteiger partial charge in [0.05, 0.1) is 39.0 Å². The topological polar surface area (TPSA) is 35.6 Å². The van der Waals surface area contributed by atoms with Crippen molar-refractivity contribution in [2.75, 3.05) is 0 Å². The van der Waals surface area contributed by atoms with Gasteiger partial charge in [-0.15, -0.1) is 0 Å². The minimum atomic E-state index is 0.723. The normalized spacial score (nSPS) is 11.9. The molecule has 3 aromatic heterocycles. The Hall–Kier alpha value is -8.34. The Labute approximate surface area is 357 Å². The van der Waals surface area contributed by atoms with Gasteiger partial charge in [-0.05, 0) is 70.4 Å². The largest absolute Gasteiger partial charge is 0.309 e. The number of nitrogens with zero attached hydrogens (tertiary/aromatic N) is 4. The smallest absolute Gasteiger partial charge is 0.160 e. The molecule has 0 amide bonds. The maximum atomic E-state index is 5.20. The first-order valence-electron chi connectivity index (χ1n) is 21.2. The van der Waals surface area contributed by atoms with Crippen LogP contribution in [0, 0.1) is 0 Å². The van der Waals surface area contributed by atoms with Crippen LogP contribution in [0.1, 0.15) is 0 Å². The minimum absolute atomic E-state index is 0.723. The molecular weight excluding hydrogens is 753 g/mol. The van der Waals surface area contributed by atoms with Crippen molar-refractivity contribution >= 4 is 76.1 Å². The molecule has 0 saturated carbocycles. The van der Waals surface area contributed by atoms with Crippen molar-refractivity contribution in [2.45, 2.75) is 0 Å². The van der Waals surface area contributed by atoms with Gasteiger partial charge < -0.3 is 9.13 Å². The summed E-state index contributed by atoms with van der Waals surface area (Å²) in [6.45, 7) is 0. The summed E-state index contributed by atoms with van der Waals surface area (Å²) in [4.78, 5) is 10.3. The summed E-state index contributed by atoms with van der Waals surface area (Å²) in [6.07, 6.45) is 0. The van der Waals surface area contributed by atoms with E-state index < -0.39 is 0 Å². The molecule has 13 aromatic rings. The van der Waals surface area contributed by atoms with Crippen LogP contribution in [-0.4, -0.2) is 19.1 Å². The molecule has 0 saturated heterocycles. The lowest BCUT2D eigenvalue weighted by Crippen LogP contribution is -1.98. The van der Waals surface area contributed by atoms with Crippen molar-refractivity contribution in [1.82, 2.24) is 19.1 Å². The molecule has 0 fully saturated rings. The van der Waals surface area contributed by atoms with Gasteiger partial charge in [0.15, 0.2) is 5.82 Å². The van der Waals surface area contributed by atoms with Gasteiger partial charge in [-0.1, -0.05) is 170 Å². The van der Waals surface area contributed by atoms with Gasteiger partial charge in [-0.25, -0.2) is 9.97 Å². The van der Waals surface area contributed by atoms with E-state index in [0.29, 0.717) is 0 Å². The van der Waals surface area contributed by atoms with E-state index in [0.717, 1.165) is 56.0 Å². The predicted octanol–water partition coefficient (Wildman–Crippen LogP) is 15.1. The van der Waals surface area contributed by atoms with E-state index in [-0.39, 0.29) is 0 Å². The molecular formula is C58H36N4. The average molecular weight is 789 g/mol. The van der Waals surface area contributed by atoms with Gasteiger partial charge >= 0.3 is 0 Å². The summed E-state index contributed by atoms with van der Waals surface area (Å²) in [5.74, 6) is 0.723. The number of benzene rings is 10. The van der Waals surface area contributed by atoms with Crippen molar-refractivity contribution in [3.63, 3.8) is 0 Å². The van der Waals surface area contributed by atoms with Gasteiger partial charge in [-0.2, -0.15) is 0 Å². The van der Waals surface area contributed by atoms with E-state index in [1.165, 1.54) is 65.2 Å². The second-order valence-electron chi connectivity index (χ2n) is 16.1. The van der Waals surface area contributed by atoms with E-state index in [2.05, 4.69) is 209 Å². The fourth-order valence-corrected chi connectivity index (χ4v) is 9.90. The second-order valence-corrected chi connectivity index (χ2v) is 16.1. The van der Waals surface area contributed by atoms with E-state index in [1.807, 2.05) is 18.2 Å². The molecule has 0 atom stereocenters. The molecule has 0 aliphatic heterocycles. The van der Waals surface area contributed by atoms with Crippen LogP contribution in [0.15, 0.2) is 218 Å². The summed E-state index contributed by atoms with van der Waals surface area (Å²) in [6, 6.07) is 78.6. The Morgan fingerprint density at radius 1 is 0.323 bits per heavy atom. The fourth-order valence-electron chi connectivity index (χ4n) is 9.90. The van der Waals surface area contributed by atoms with Gasteiger partial charge in [0.25, 0.3) is 0 Å². The zero-order chi connectivity index (χ0) is 40.7. The Balaban J connectivity index is 1.06. The molecule has 0 radical (unpaired) electrons. The number of para-hydroxylation sites is 2. The molecule has 10 aromatic carbocycles. The lowest BCUT2D eigenvalue weighted by molar-refractivity contribution is 1.17. The molecule has 13 rings (SSSR count). The molecule has 4 nitrogen and oxygen atoms in total. The molecule has 62 heavy (non-hydrogen) atoms. The van der Waals surface area contributed by atoms with Crippen LogP contribution in [0.2, 0.25) is 0 Å². The minimum Gasteiger partial charge on any atom is -0.309 e. The second kappa shape index (κ2) is 13.6. The van der Waals surface area contributed by atoms with Crippen LogP contribution in [0.25, 0.3) is 121 Å². The molecule has 0 aliphatic carbocycles. The molecule has 0 bridgehead atoms. The van der Waals surface area contributed by atoms with E-state index in [4.69, 9.17) is 9.97 Å². The standard InChI is InChI=1S/C58H36N4/c1-4-17-38(18-5-1)56-50-34-40(29-32-51(50)59-58(60-56)39-19-6-2-7-20-39)42-31-33-53(45-25-13-12-24-44(42)45)62-52-27-15-14-26-46(52)48-35-49-47-30-28-37-16-10-11-23-43(37)57(47)61(54(49)36-55(48)62)41-21-8-3-9-22-41/h1-36H. The lowest BCUT2D eigenvalue weighted by atomic mass is 9.95. The Kier molecular flexibility index (Phi) is 7.57. The van der Waals surface area contributed by atoms with Crippen molar-refractivity contribution in [1.29, 1.82) is 0 Å². The first kappa shape index (κ1) is 34.5. The maximum Gasteiger partial charge on any atom is 0.160 e. The van der Waals surface area contributed by atoms with Crippen LogP contribution in [0.4, 0.5) is 0 Å². The van der Waals surface area contributed by atoms with Crippen LogP contribution in [0.5, 0.6) is 0 Å². The highest BCUT2D eigenvalue weighted by molar-refractivity contribution is 6.23. The van der Waals surface area contributed by atoms with Crippen LogP contribution < -0.4 is 0 Å². The van der Waals surface area contributed by atoms with E-state index in [9.17, 15) is 0 Å². The quantitative estimate of drug-likeness (QED) is 0.174. The third-order valence-electron chi connectivity index (χ3n) is 12.7. The predicted molar refractivity (Wildman–Crippen MR) is 260 cm³/mol. The van der Waals surface area contributed by atoms with E-state index >= 15 is 0 Å². The molecule has 4 heteroatoms. The number of rotatable bonds is 5. The molecule has 0 spiro atoms. The fraction of sp³-hybridized carbons (Fsp3) is 0. The van der Waals surface area contributed by atoms with Gasteiger partial charge in [-0.3, -0.25) is 0 Å². The first-order valence-corrected chi connectivity index (χ1v) is 21.2. The summed E-state index contributed by atoms with van der Waals surface area (Å²) in [5, 5.41) is 10.8. The van der Waals surface area contributed by atoms with Crippen LogP contribution in [-0.2, 0) is 0 Å². The third-order valence-corrected chi connectivity index (χ3v) is 12.7. The zero-order valence-electron chi connectivity index (χ0n) is 33.6. The zero-order valence-corrected chi connectivity index (χ0v) is 33.6. The highest BCUT2D eigenvalue weighted by atomic mass is 15.0. The Bertz CT molecular complexity index is 3900. The molecule has 0 unspecified atom stereocenters. The van der Waals surface area contributed by atoms with Crippen LogP contribution in [0.3, 0.4) is 0 Å². The first-order chi connectivity index (χ1) is 30.8. The Morgan fingerprint density at radius 3 is 1.77 bits per heavy atom. The average Bonchev–Trinajstić information content (AvgIpc) is 3.85. The summed E-state index contributed by atoms with van der Waals surface area (Å²) in [7, 11) is 0. The SMILES string of the molecule is c1ccc(-c2nc(-c3ccccc3)c3cc(-c4ccc(-n5c6ccccc6c6cc7c8ccc9ccccc9c8n(-c8ccccc8)c7cc65)c5ccccc45)ccc3n2)cc1. The van der Waals surface area contributed by atoms with Crippen molar-refractivity contribution in [3.8, 4) is 45.1 Å². The van der Waals surface area contributed by atoms with Crippen LogP contribution >= 0.6 is 0 Å². The Morgan fingerprint density at radius 2 is 0.968 bits per heavy atom. The number of fused-ring (bicyclic) bond motifs is 10. The summed E-state index contributed by atoms with van der Waals surface area (Å²) in [5.41, 5.74) is 13.2. The monoisotopic (exact) mass is 788 g/mol. The van der Waals surface area contributed by atoms with Gasteiger partial charge in [0, 0.05) is 54.5 Å². The van der Waals surface area contributed by atoms with Gasteiger partial charge in [0.2, 0.25) is 0 Å².